The molecule has 1 N–H and O–H groups in total. The number of pyridine rings is 1. The molecule has 3 rings (SSSR count). The molecule has 1 aliphatic rings. The number of amides is 1. The summed E-state index contributed by atoms with van der Waals surface area (Å²) in [5.74, 6) is -0.134. The number of likely N-dealkylation sites (tertiary alicyclic amines) is 1. The van der Waals surface area contributed by atoms with Gasteiger partial charge in [0.2, 0.25) is 0 Å². The summed E-state index contributed by atoms with van der Waals surface area (Å²) in [4.78, 5) is 19.1. The molecule has 2 heterocycles. The van der Waals surface area contributed by atoms with Crippen molar-refractivity contribution in [1.29, 1.82) is 0 Å². The van der Waals surface area contributed by atoms with Gasteiger partial charge in [-0.15, -0.1) is 0 Å². The van der Waals surface area contributed by atoms with Crippen LogP contribution in [0.3, 0.4) is 0 Å². The van der Waals surface area contributed by atoms with Crippen molar-refractivity contribution in [3.05, 3.63) is 64.4 Å². The Morgan fingerprint density at radius 1 is 1.17 bits per heavy atom. The average Bonchev–Trinajstić information content (AvgIpc) is 3.09. The van der Waals surface area contributed by atoms with Crippen molar-refractivity contribution in [2.75, 3.05) is 19.6 Å². The molecule has 0 bridgehead atoms. The third-order valence-electron chi connectivity index (χ3n) is 4.11. The second-order valence-corrected chi connectivity index (χ2v) is 6.72. The van der Waals surface area contributed by atoms with Crippen molar-refractivity contribution in [3.63, 3.8) is 0 Å². The Balaban J connectivity index is 1.74. The predicted octanol–water partition coefficient (Wildman–Crippen LogP) is 3.41. The van der Waals surface area contributed by atoms with Gasteiger partial charge in [-0.25, -0.2) is 4.98 Å². The van der Waals surface area contributed by atoms with Gasteiger partial charge in [0.15, 0.2) is 0 Å². The molecule has 1 aromatic heterocycles. The van der Waals surface area contributed by atoms with E-state index in [1.165, 1.54) is 12.8 Å². The van der Waals surface area contributed by atoms with E-state index in [4.69, 9.17) is 0 Å². The lowest BCUT2D eigenvalue weighted by Gasteiger charge is -2.24. The summed E-state index contributed by atoms with van der Waals surface area (Å²) in [5.41, 5.74) is 1.57. The predicted molar refractivity (Wildman–Crippen MR) is 94.3 cm³/mol. The lowest BCUT2D eigenvalue weighted by Crippen LogP contribution is -2.37. The van der Waals surface area contributed by atoms with E-state index >= 15 is 0 Å². The van der Waals surface area contributed by atoms with E-state index in [9.17, 15) is 4.79 Å². The molecular weight excluding hydrogens is 354 g/mol. The van der Waals surface area contributed by atoms with E-state index in [1.54, 1.807) is 12.3 Å². The summed E-state index contributed by atoms with van der Waals surface area (Å²) in [7, 11) is 0. The summed E-state index contributed by atoms with van der Waals surface area (Å²) in [6, 6.07) is 13.7. The lowest BCUT2D eigenvalue weighted by molar-refractivity contribution is 0.0922. The van der Waals surface area contributed by atoms with Crippen LogP contribution in [0.25, 0.3) is 0 Å². The molecule has 1 saturated heterocycles. The summed E-state index contributed by atoms with van der Waals surface area (Å²) < 4.78 is 0.866. The van der Waals surface area contributed by atoms with Crippen LogP contribution in [0.5, 0.6) is 0 Å². The fraction of sp³-hybridized carbons (Fsp3) is 0.333. The molecule has 1 aromatic carbocycles. The number of halogens is 1. The number of carbonyl (C=O) groups is 1. The van der Waals surface area contributed by atoms with Crippen molar-refractivity contribution in [1.82, 2.24) is 15.2 Å². The molecule has 0 spiro atoms. The molecule has 1 fully saturated rings. The monoisotopic (exact) mass is 373 g/mol. The quantitative estimate of drug-likeness (QED) is 0.873. The highest BCUT2D eigenvalue weighted by Gasteiger charge is 2.21. The standard InChI is InChI=1S/C18H20BrN3O/c19-15-8-9-16(20-12-15)18(23)21-17(13-22-10-4-5-11-22)14-6-2-1-3-7-14/h1-3,6-9,12,17H,4-5,10-11,13H2,(H,21,23). The maximum atomic E-state index is 12.5. The highest BCUT2D eigenvalue weighted by molar-refractivity contribution is 9.10. The van der Waals surface area contributed by atoms with Crippen LogP contribution in [0.2, 0.25) is 0 Å². The normalized spacial score (nSPS) is 16.2. The highest BCUT2D eigenvalue weighted by Crippen LogP contribution is 2.18. The zero-order chi connectivity index (χ0) is 16.1. The van der Waals surface area contributed by atoms with E-state index in [-0.39, 0.29) is 11.9 Å². The van der Waals surface area contributed by atoms with Crippen LogP contribution in [0.4, 0.5) is 0 Å². The Kier molecular flexibility index (Phi) is 5.41. The van der Waals surface area contributed by atoms with Gasteiger partial charge in [-0.2, -0.15) is 0 Å². The minimum Gasteiger partial charge on any atom is -0.343 e. The van der Waals surface area contributed by atoms with Crippen molar-refractivity contribution in [3.8, 4) is 0 Å². The highest BCUT2D eigenvalue weighted by atomic mass is 79.9. The van der Waals surface area contributed by atoms with Crippen LogP contribution in [-0.2, 0) is 0 Å². The molecule has 0 aliphatic carbocycles. The zero-order valence-corrected chi connectivity index (χ0v) is 14.5. The summed E-state index contributed by atoms with van der Waals surface area (Å²) in [6.45, 7) is 3.05. The number of rotatable bonds is 5. The third kappa shape index (κ3) is 4.39. The second kappa shape index (κ2) is 7.70. The van der Waals surface area contributed by atoms with E-state index in [0.29, 0.717) is 5.69 Å². The fourth-order valence-electron chi connectivity index (χ4n) is 2.89. The van der Waals surface area contributed by atoms with Crippen molar-refractivity contribution >= 4 is 21.8 Å². The Bertz CT molecular complexity index is 639. The molecule has 4 nitrogen and oxygen atoms in total. The summed E-state index contributed by atoms with van der Waals surface area (Å²) >= 11 is 3.34. The topological polar surface area (TPSA) is 45.2 Å². The first-order valence-corrected chi connectivity index (χ1v) is 8.71. The molecule has 1 unspecified atom stereocenters. The molecule has 1 atom stereocenters. The molecule has 1 amide bonds. The van der Waals surface area contributed by atoms with Crippen molar-refractivity contribution < 1.29 is 4.79 Å². The van der Waals surface area contributed by atoms with Crippen LogP contribution >= 0.6 is 15.9 Å². The molecule has 1 aliphatic heterocycles. The molecule has 2 aromatic rings. The number of hydrogen-bond acceptors (Lipinski definition) is 3. The average molecular weight is 374 g/mol. The van der Waals surface area contributed by atoms with Gasteiger partial charge in [0.05, 0.1) is 6.04 Å². The van der Waals surface area contributed by atoms with Gasteiger partial charge in [0, 0.05) is 17.2 Å². The van der Waals surface area contributed by atoms with Crippen LogP contribution < -0.4 is 5.32 Å². The molecule has 5 heteroatoms. The van der Waals surface area contributed by atoms with Gasteiger partial charge in [0.25, 0.3) is 5.91 Å². The second-order valence-electron chi connectivity index (χ2n) is 5.81. The van der Waals surface area contributed by atoms with E-state index < -0.39 is 0 Å². The molecule has 23 heavy (non-hydrogen) atoms. The maximum Gasteiger partial charge on any atom is 0.270 e. The molecule has 0 saturated carbocycles. The lowest BCUT2D eigenvalue weighted by atomic mass is 10.1. The molecule has 0 radical (unpaired) electrons. The minimum absolute atomic E-state index is 0.0211. The van der Waals surface area contributed by atoms with Gasteiger partial charge in [0.1, 0.15) is 5.69 Å². The maximum absolute atomic E-state index is 12.5. The van der Waals surface area contributed by atoms with Gasteiger partial charge in [-0.3, -0.25) is 4.79 Å². The van der Waals surface area contributed by atoms with Crippen LogP contribution in [0, 0.1) is 0 Å². The minimum atomic E-state index is -0.134. The summed E-state index contributed by atoms with van der Waals surface area (Å²) in [6.07, 6.45) is 4.13. The van der Waals surface area contributed by atoms with Gasteiger partial charge in [-0.05, 0) is 59.6 Å². The number of aromatic nitrogens is 1. The molecular formula is C18H20BrN3O. The van der Waals surface area contributed by atoms with Crippen LogP contribution in [-0.4, -0.2) is 35.4 Å². The first kappa shape index (κ1) is 16.1. The van der Waals surface area contributed by atoms with E-state index in [1.807, 2.05) is 24.3 Å². The van der Waals surface area contributed by atoms with Gasteiger partial charge in [-0.1, -0.05) is 30.3 Å². The number of nitrogens with zero attached hydrogens (tertiary/aromatic N) is 2. The number of benzene rings is 1. The van der Waals surface area contributed by atoms with Crippen LogP contribution in [0.15, 0.2) is 53.1 Å². The Morgan fingerprint density at radius 3 is 2.57 bits per heavy atom. The summed E-state index contributed by atoms with van der Waals surface area (Å²) in [5, 5.41) is 3.14. The molecule has 120 valence electrons. The number of carbonyl (C=O) groups excluding carboxylic acids is 1. The van der Waals surface area contributed by atoms with Gasteiger partial charge >= 0.3 is 0 Å². The largest absolute Gasteiger partial charge is 0.343 e. The Morgan fingerprint density at radius 2 is 1.91 bits per heavy atom. The zero-order valence-electron chi connectivity index (χ0n) is 12.9. The number of nitrogens with one attached hydrogen (secondary N) is 1. The smallest absolute Gasteiger partial charge is 0.270 e. The Hall–Kier alpha value is -1.72. The number of hydrogen-bond donors (Lipinski definition) is 1. The van der Waals surface area contributed by atoms with E-state index in [0.717, 1.165) is 29.7 Å². The van der Waals surface area contributed by atoms with Gasteiger partial charge < -0.3 is 10.2 Å². The first-order valence-electron chi connectivity index (χ1n) is 7.92. The van der Waals surface area contributed by atoms with Crippen molar-refractivity contribution in [2.24, 2.45) is 0 Å². The fourth-order valence-corrected chi connectivity index (χ4v) is 3.12. The van der Waals surface area contributed by atoms with E-state index in [2.05, 4.69) is 43.3 Å². The first-order chi connectivity index (χ1) is 11.2. The SMILES string of the molecule is O=C(NC(CN1CCCC1)c1ccccc1)c1ccc(Br)cn1. The third-order valence-corrected chi connectivity index (χ3v) is 4.58. The van der Waals surface area contributed by atoms with Crippen LogP contribution in [0.1, 0.15) is 34.9 Å². The Labute approximate surface area is 145 Å². The van der Waals surface area contributed by atoms with Crippen molar-refractivity contribution in [2.45, 2.75) is 18.9 Å².